The van der Waals surface area contributed by atoms with E-state index in [4.69, 9.17) is 14.1 Å². The van der Waals surface area contributed by atoms with Crippen LogP contribution in [-0.2, 0) is 0 Å². The number of fused-ring (bicyclic) bond motifs is 9. The van der Waals surface area contributed by atoms with E-state index in [9.17, 15) is 0 Å². The summed E-state index contributed by atoms with van der Waals surface area (Å²) >= 11 is 0. The van der Waals surface area contributed by atoms with Crippen LogP contribution in [0.5, 0.6) is 11.5 Å². The molecule has 0 spiro atoms. The Kier molecular flexibility index (Phi) is 5.54. The van der Waals surface area contributed by atoms with Gasteiger partial charge in [-0.15, -0.1) is 0 Å². The van der Waals surface area contributed by atoms with Gasteiger partial charge in [-0.2, -0.15) is 0 Å². The molecule has 2 aromatic heterocycles. The topological polar surface area (TPSA) is 38.5 Å². The van der Waals surface area contributed by atoms with E-state index in [1.54, 1.807) is 0 Å². The van der Waals surface area contributed by atoms with Crippen molar-refractivity contribution in [1.29, 1.82) is 0 Å². The highest BCUT2D eigenvalue weighted by Crippen LogP contribution is 2.50. The lowest BCUT2D eigenvalue weighted by atomic mass is 9.94. The molecule has 0 unspecified atom stereocenters. The first-order chi connectivity index (χ1) is 23.3. The van der Waals surface area contributed by atoms with Crippen LogP contribution in [0.25, 0.3) is 66.0 Å². The molecule has 220 valence electrons. The second-order valence-electron chi connectivity index (χ2n) is 11.9. The first-order valence-electron chi connectivity index (χ1n) is 15.8. The molecule has 3 heterocycles. The van der Waals surface area contributed by atoms with Crippen LogP contribution in [0.4, 0.5) is 17.1 Å². The van der Waals surface area contributed by atoms with E-state index in [-0.39, 0.29) is 0 Å². The van der Waals surface area contributed by atoms with Crippen molar-refractivity contribution >= 4 is 60.7 Å². The molecule has 1 aliphatic rings. The lowest BCUT2D eigenvalue weighted by Crippen LogP contribution is -2.15. The molecular weight excluding hydrogens is 576 g/mol. The average molecular weight is 603 g/mol. The van der Waals surface area contributed by atoms with Crippen molar-refractivity contribution in [3.05, 3.63) is 158 Å². The molecule has 9 aromatic rings. The van der Waals surface area contributed by atoms with Crippen molar-refractivity contribution in [3.8, 4) is 33.9 Å². The highest BCUT2D eigenvalue weighted by Gasteiger charge is 2.25. The molecule has 47 heavy (non-hydrogen) atoms. The van der Waals surface area contributed by atoms with Crippen molar-refractivity contribution in [2.24, 2.45) is 0 Å². The van der Waals surface area contributed by atoms with Crippen molar-refractivity contribution in [3.63, 3.8) is 0 Å². The number of ether oxygens (including phenoxy) is 1. The first-order valence-corrected chi connectivity index (χ1v) is 15.8. The molecule has 4 nitrogen and oxygen atoms in total. The molecule has 0 radical (unpaired) electrons. The quantitative estimate of drug-likeness (QED) is 0.189. The number of rotatable bonds is 3. The van der Waals surface area contributed by atoms with Crippen molar-refractivity contribution in [2.75, 3.05) is 4.90 Å². The Morgan fingerprint density at radius 3 is 1.98 bits per heavy atom. The van der Waals surface area contributed by atoms with E-state index < -0.39 is 0 Å². The lowest BCUT2D eigenvalue weighted by molar-refractivity contribution is 0.477. The Hall–Kier alpha value is -6.39. The van der Waals surface area contributed by atoms with E-state index >= 15 is 0 Å². The monoisotopic (exact) mass is 602 g/mol. The molecule has 0 bridgehead atoms. The molecule has 10 rings (SSSR count). The highest BCUT2D eigenvalue weighted by molar-refractivity contribution is 6.28. The number of aromatic nitrogens is 1. The average Bonchev–Trinajstić information content (AvgIpc) is 3.52. The van der Waals surface area contributed by atoms with Gasteiger partial charge in [0.25, 0.3) is 0 Å². The van der Waals surface area contributed by atoms with E-state index in [0.717, 1.165) is 94.6 Å². The molecule has 0 atom stereocenters. The summed E-state index contributed by atoms with van der Waals surface area (Å²) < 4.78 is 12.7. The Labute approximate surface area is 270 Å². The molecule has 7 aromatic carbocycles. The Morgan fingerprint density at radius 1 is 0.447 bits per heavy atom. The summed E-state index contributed by atoms with van der Waals surface area (Å²) in [7, 11) is 0. The number of benzene rings is 7. The first kappa shape index (κ1) is 25.9. The summed E-state index contributed by atoms with van der Waals surface area (Å²) in [6.07, 6.45) is 0. The minimum atomic E-state index is 0.838. The molecule has 4 heteroatoms. The van der Waals surface area contributed by atoms with Crippen molar-refractivity contribution in [2.45, 2.75) is 0 Å². The van der Waals surface area contributed by atoms with E-state index in [2.05, 4.69) is 120 Å². The summed E-state index contributed by atoms with van der Waals surface area (Å²) in [6.45, 7) is 0. The van der Waals surface area contributed by atoms with Gasteiger partial charge in [0.15, 0.2) is 11.5 Å². The number of hydrogen-bond acceptors (Lipinski definition) is 4. The molecule has 0 amide bonds. The third kappa shape index (κ3) is 3.98. The smallest absolute Gasteiger partial charge is 0.151 e. The normalized spacial score (nSPS) is 12.4. The van der Waals surface area contributed by atoms with Crippen LogP contribution in [0.1, 0.15) is 0 Å². The Morgan fingerprint density at radius 2 is 1.15 bits per heavy atom. The zero-order valence-corrected chi connectivity index (χ0v) is 25.2. The van der Waals surface area contributed by atoms with Gasteiger partial charge in [0, 0.05) is 38.2 Å². The zero-order valence-electron chi connectivity index (χ0n) is 25.2. The van der Waals surface area contributed by atoms with Crippen molar-refractivity contribution in [1.82, 2.24) is 4.98 Å². The summed E-state index contributed by atoms with van der Waals surface area (Å²) in [5, 5.41) is 5.59. The van der Waals surface area contributed by atoms with Gasteiger partial charge in [0.1, 0.15) is 11.2 Å². The Balaban J connectivity index is 1.22. The van der Waals surface area contributed by atoms with Gasteiger partial charge >= 0.3 is 0 Å². The second-order valence-corrected chi connectivity index (χ2v) is 11.9. The molecule has 0 saturated heterocycles. The largest absolute Gasteiger partial charge is 0.456 e. The molecule has 0 saturated carbocycles. The van der Waals surface area contributed by atoms with E-state index in [0.29, 0.717) is 0 Å². The third-order valence-corrected chi connectivity index (χ3v) is 9.21. The van der Waals surface area contributed by atoms with Gasteiger partial charge in [0.2, 0.25) is 0 Å². The summed E-state index contributed by atoms with van der Waals surface area (Å²) in [4.78, 5) is 7.55. The molecule has 0 aliphatic carbocycles. The number of furan rings is 1. The molecule has 0 fully saturated rings. The Bertz CT molecular complexity index is 2630. The fourth-order valence-electron chi connectivity index (χ4n) is 7.11. The SMILES string of the molecule is c1ccc(-c2nc3ccc(-c4cccc(N5c6ccccc6Oc6ccccc65)c4)cc3c3c2ccc2oc4ccccc4c23)cc1. The molecule has 1 aliphatic heterocycles. The predicted octanol–water partition coefficient (Wildman–Crippen LogP) is 12.2. The number of anilines is 3. The highest BCUT2D eigenvalue weighted by atomic mass is 16.5. The van der Waals surface area contributed by atoms with Crippen LogP contribution < -0.4 is 9.64 Å². The maximum Gasteiger partial charge on any atom is 0.151 e. The number of para-hydroxylation sites is 5. The van der Waals surface area contributed by atoms with Gasteiger partial charge < -0.3 is 14.1 Å². The van der Waals surface area contributed by atoms with Crippen LogP contribution in [0.15, 0.2) is 162 Å². The second kappa shape index (κ2) is 10.1. The van der Waals surface area contributed by atoms with Gasteiger partial charge in [-0.1, -0.05) is 91.0 Å². The van der Waals surface area contributed by atoms with Crippen LogP contribution in [0.2, 0.25) is 0 Å². The summed E-state index contributed by atoms with van der Waals surface area (Å²) in [6, 6.07) is 54.8. The molecular formula is C43H26N2O2. The van der Waals surface area contributed by atoms with Gasteiger partial charge in [-0.3, -0.25) is 0 Å². The zero-order chi connectivity index (χ0) is 30.9. The fraction of sp³-hybridized carbons (Fsp3) is 0. The standard InChI is InChI=1S/C43H26N2O2/c1-2-11-27(12-3-1)43-32-22-24-40-42(31-15-4-7-18-37(31)46-40)41(32)33-26-29(21-23-34(33)44-43)28-13-10-14-30(25-28)45-35-16-5-8-19-38(35)47-39-20-9-6-17-36(39)45/h1-26H. The van der Waals surface area contributed by atoms with Crippen LogP contribution in [0.3, 0.4) is 0 Å². The number of pyridine rings is 1. The fourth-order valence-corrected chi connectivity index (χ4v) is 7.11. The molecule has 0 N–H and O–H groups in total. The minimum Gasteiger partial charge on any atom is -0.456 e. The predicted molar refractivity (Wildman–Crippen MR) is 192 cm³/mol. The van der Waals surface area contributed by atoms with E-state index in [1.165, 1.54) is 0 Å². The van der Waals surface area contributed by atoms with Gasteiger partial charge in [-0.25, -0.2) is 4.98 Å². The van der Waals surface area contributed by atoms with E-state index in [1.807, 2.05) is 42.5 Å². The number of hydrogen-bond donors (Lipinski definition) is 0. The maximum absolute atomic E-state index is 6.37. The number of nitrogens with zero attached hydrogens (tertiary/aromatic N) is 2. The third-order valence-electron chi connectivity index (χ3n) is 9.21. The lowest BCUT2D eigenvalue weighted by Gasteiger charge is -2.33. The van der Waals surface area contributed by atoms with Crippen LogP contribution >= 0.6 is 0 Å². The van der Waals surface area contributed by atoms with Crippen LogP contribution in [0, 0.1) is 0 Å². The van der Waals surface area contributed by atoms with Gasteiger partial charge in [0.05, 0.1) is 22.6 Å². The maximum atomic E-state index is 6.37. The summed E-state index contributed by atoms with van der Waals surface area (Å²) in [5.74, 6) is 1.68. The summed E-state index contributed by atoms with van der Waals surface area (Å²) in [5.41, 5.74) is 10.1. The minimum absolute atomic E-state index is 0.838. The van der Waals surface area contributed by atoms with Crippen molar-refractivity contribution < 1.29 is 9.15 Å². The van der Waals surface area contributed by atoms with Gasteiger partial charge in [-0.05, 0) is 77.9 Å². The van der Waals surface area contributed by atoms with Crippen LogP contribution in [-0.4, -0.2) is 4.98 Å².